The summed E-state index contributed by atoms with van der Waals surface area (Å²) in [6.45, 7) is 5.84. The van der Waals surface area contributed by atoms with Crippen molar-refractivity contribution in [3.8, 4) is 0 Å². The van der Waals surface area contributed by atoms with Gasteiger partial charge in [-0.05, 0) is 51.8 Å². The summed E-state index contributed by atoms with van der Waals surface area (Å²) in [6.07, 6.45) is 3.35. The van der Waals surface area contributed by atoms with Crippen molar-refractivity contribution in [2.24, 2.45) is 0 Å². The lowest BCUT2D eigenvalue weighted by molar-refractivity contribution is 0.0679. The molecule has 102 valence electrons. The van der Waals surface area contributed by atoms with E-state index < -0.39 is 0 Å². The molecule has 2 saturated heterocycles. The number of hydrogen-bond donors (Lipinski definition) is 1. The minimum Gasteiger partial charge on any atom is -0.331 e. The van der Waals surface area contributed by atoms with Crippen molar-refractivity contribution in [3.05, 3.63) is 29.1 Å². The van der Waals surface area contributed by atoms with Crippen LogP contribution in [-0.2, 0) is 0 Å². The number of aromatic nitrogens is 1. The number of hydrogen-bond acceptors (Lipinski definition) is 3. The average Bonchev–Trinajstić information content (AvgIpc) is 2.62. The van der Waals surface area contributed by atoms with Gasteiger partial charge >= 0.3 is 0 Å². The van der Waals surface area contributed by atoms with Crippen molar-refractivity contribution in [1.82, 2.24) is 15.2 Å². The molecule has 3 rings (SSSR count). The molecule has 3 heterocycles. The summed E-state index contributed by atoms with van der Waals surface area (Å²) in [4.78, 5) is 19.3. The molecule has 2 bridgehead atoms. The molecule has 1 aromatic rings. The summed E-state index contributed by atoms with van der Waals surface area (Å²) < 4.78 is 0. The van der Waals surface area contributed by atoms with Crippen LogP contribution in [0.15, 0.2) is 12.1 Å². The van der Waals surface area contributed by atoms with E-state index in [2.05, 4.69) is 15.2 Å². The maximum atomic E-state index is 12.8. The minimum atomic E-state index is 0.168. The largest absolute Gasteiger partial charge is 0.331 e. The molecule has 0 saturated carbocycles. The maximum absolute atomic E-state index is 12.8. The van der Waals surface area contributed by atoms with Crippen LogP contribution in [0, 0.1) is 13.8 Å². The molecule has 1 N–H and O–H groups in total. The number of fused-ring (bicyclic) bond motifs is 2. The average molecular weight is 259 g/mol. The van der Waals surface area contributed by atoms with Gasteiger partial charge in [0.2, 0.25) is 0 Å². The second-order valence-electron chi connectivity index (χ2n) is 5.68. The molecular weight excluding hydrogens is 238 g/mol. The fraction of sp³-hybridized carbons (Fsp3) is 0.600. The molecule has 0 radical (unpaired) electrons. The predicted octanol–water partition coefficient (Wildman–Crippen LogP) is 1.66. The molecule has 0 aliphatic carbocycles. The Hall–Kier alpha value is -1.42. The van der Waals surface area contributed by atoms with Gasteiger partial charge in [-0.25, -0.2) is 0 Å². The number of aryl methyl sites for hydroxylation is 2. The fourth-order valence-corrected chi connectivity index (χ4v) is 3.37. The van der Waals surface area contributed by atoms with Crippen molar-refractivity contribution < 1.29 is 4.79 Å². The van der Waals surface area contributed by atoms with Crippen LogP contribution in [0.3, 0.4) is 0 Å². The van der Waals surface area contributed by atoms with Crippen LogP contribution in [-0.4, -0.2) is 41.0 Å². The highest BCUT2D eigenvalue weighted by Gasteiger charge is 2.38. The number of pyridine rings is 1. The molecule has 2 aliphatic heterocycles. The van der Waals surface area contributed by atoms with Crippen LogP contribution < -0.4 is 5.32 Å². The van der Waals surface area contributed by atoms with Crippen LogP contribution in [0.5, 0.6) is 0 Å². The smallest absolute Gasteiger partial charge is 0.256 e. The summed E-state index contributed by atoms with van der Waals surface area (Å²) in [5.74, 6) is 0.168. The second kappa shape index (κ2) is 4.93. The normalized spacial score (nSPS) is 26.3. The van der Waals surface area contributed by atoms with Gasteiger partial charge in [0.1, 0.15) is 0 Å². The first-order valence-electron chi connectivity index (χ1n) is 7.14. The Morgan fingerprint density at radius 1 is 1.26 bits per heavy atom. The monoisotopic (exact) mass is 259 g/mol. The Morgan fingerprint density at radius 2 is 2.05 bits per heavy atom. The van der Waals surface area contributed by atoms with Gasteiger partial charge in [-0.2, -0.15) is 0 Å². The summed E-state index contributed by atoms with van der Waals surface area (Å²) in [6, 6.07) is 4.63. The first-order valence-corrected chi connectivity index (χ1v) is 7.14. The SMILES string of the molecule is Cc1ccc(C(=O)N2C3CCNCC2CC3)c(C)n1. The van der Waals surface area contributed by atoms with Gasteiger partial charge < -0.3 is 10.2 Å². The van der Waals surface area contributed by atoms with Gasteiger partial charge in [0, 0.05) is 24.3 Å². The van der Waals surface area contributed by atoms with E-state index in [-0.39, 0.29) is 5.91 Å². The van der Waals surface area contributed by atoms with E-state index in [1.54, 1.807) is 0 Å². The van der Waals surface area contributed by atoms with Gasteiger partial charge in [-0.15, -0.1) is 0 Å². The Bertz CT molecular complexity index is 486. The molecule has 2 aliphatic rings. The van der Waals surface area contributed by atoms with Gasteiger partial charge in [-0.1, -0.05) is 0 Å². The zero-order valence-electron chi connectivity index (χ0n) is 11.6. The second-order valence-corrected chi connectivity index (χ2v) is 5.68. The van der Waals surface area contributed by atoms with Crippen molar-refractivity contribution in [1.29, 1.82) is 0 Å². The van der Waals surface area contributed by atoms with Crippen molar-refractivity contribution in [2.45, 2.75) is 45.2 Å². The highest BCUT2D eigenvalue weighted by atomic mass is 16.2. The molecule has 19 heavy (non-hydrogen) atoms. The topological polar surface area (TPSA) is 45.2 Å². The third-order valence-corrected chi connectivity index (χ3v) is 4.34. The highest BCUT2D eigenvalue weighted by molar-refractivity contribution is 5.95. The third kappa shape index (κ3) is 2.25. The van der Waals surface area contributed by atoms with Crippen LogP contribution >= 0.6 is 0 Å². The summed E-state index contributed by atoms with van der Waals surface area (Å²) in [5.41, 5.74) is 2.58. The quantitative estimate of drug-likeness (QED) is 0.834. The standard InChI is InChI=1S/C15H21N3O/c1-10-3-6-14(11(2)17-10)15(19)18-12-4-5-13(18)9-16-8-7-12/h3,6,12-13,16H,4-5,7-9H2,1-2H3. The summed E-state index contributed by atoms with van der Waals surface area (Å²) >= 11 is 0. The molecule has 0 spiro atoms. The van der Waals surface area contributed by atoms with Crippen molar-refractivity contribution in [3.63, 3.8) is 0 Å². The molecular formula is C15H21N3O. The Labute approximate surface area is 114 Å². The van der Waals surface area contributed by atoms with E-state index in [0.29, 0.717) is 12.1 Å². The molecule has 2 atom stereocenters. The molecule has 4 nitrogen and oxygen atoms in total. The zero-order valence-corrected chi connectivity index (χ0v) is 11.6. The number of nitrogens with zero attached hydrogens (tertiary/aromatic N) is 2. The van der Waals surface area contributed by atoms with Gasteiger partial charge in [-0.3, -0.25) is 9.78 Å². The van der Waals surface area contributed by atoms with E-state index in [9.17, 15) is 4.79 Å². The van der Waals surface area contributed by atoms with Crippen LogP contribution in [0.2, 0.25) is 0 Å². The number of carbonyl (C=O) groups is 1. The number of nitrogens with one attached hydrogen (secondary N) is 1. The highest BCUT2D eigenvalue weighted by Crippen LogP contribution is 2.29. The van der Waals surface area contributed by atoms with Crippen LogP contribution in [0.1, 0.15) is 41.0 Å². The molecule has 2 unspecified atom stereocenters. The van der Waals surface area contributed by atoms with Crippen molar-refractivity contribution in [2.75, 3.05) is 13.1 Å². The number of amides is 1. The van der Waals surface area contributed by atoms with E-state index in [0.717, 1.165) is 49.3 Å². The minimum absolute atomic E-state index is 0.168. The molecule has 0 aromatic carbocycles. The molecule has 4 heteroatoms. The Balaban J connectivity index is 1.90. The lowest BCUT2D eigenvalue weighted by Crippen LogP contribution is -2.42. The molecule has 1 aromatic heterocycles. The first-order chi connectivity index (χ1) is 9.16. The maximum Gasteiger partial charge on any atom is 0.256 e. The summed E-state index contributed by atoms with van der Waals surface area (Å²) in [7, 11) is 0. The van der Waals surface area contributed by atoms with E-state index in [1.807, 2.05) is 26.0 Å². The van der Waals surface area contributed by atoms with E-state index in [1.165, 1.54) is 0 Å². The van der Waals surface area contributed by atoms with Crippen LogP contribution in [0.25, 0.3) is 0 Å². The lowest BCUT2D eigenvalue weighted by atomic mass is 10.1. The fourth-order valence-electron chi connectivity index (χ4n) is 3.37. The molecule has 2 fully saturated rings. The van der Waals surface area contributed by atoms with Crippen LogP contribution in [0.4, 0.5) is 0 Å². The lowest BCUT2D eigenvalue weighted by Gasteiger charge is -2.28. The van der Waals surface area contributed by atoms with E-state index >= 15 is 0 Å². The summed E-state index contributed by atoms with van der Waals surface area (Å²) in [5, 5.41) is 3.43. The Morgan fingerprint density at radius 3 is 2.84 bits per heavy atom. The molecule has 1 amide bonds. The first kappa shape index (κ1) is 12.6. The van der Waals surface area contributed by atoms with Gasteiger partial charge in [0.25, 0.3) is 5.91 Å². The predicted molar refractivity (Wildman–Crippen MR) is 74.2 cm³/mol. The Kier molecular flexibility index (Phi) is 3.27. The zero-order chi connectivity index (χ0) is 13.4. The van der Waals surface area contributed by atoms with E-state index in [4.69, 9.17) is 0 Å². The van der Waals surface area contributed by atoms with Crippen molar-refractivity contribution >= 4 is 5.91 Å². The number of rotatable bonds is 1. The third-order valence-electron chi connectivity index (χ3n) is 4.34. The number of carbonyl (C=O) groups excluding carboxylic acids is 1. The van der Waals surface area contributed by atoms with Gasteiger partial charge in [0.15, 0.2) is 0 Å². The van der Waals surface area contributed by atoms with Gasteiger partial charge in [0.05, 0.1) is 11.3 Å².